The Hall–Kier alpha value is -4.96. The monoisotopic (exact) mass is 667 g/mol. The lowest BCUT2D eigenvalue weighted by atomic mass is 9.72. The van der Waals surface area contributed by atoms with Crippen molar-refractivity contribution in [2.45, 2.75) is 91.3 Å². The van der Waals surface area contributed by atoms with Crippen molar-refractivity contribution in [1.82, 2.24) is 24.8 Å². The number of fused-ring (bicyclic) bond motifs is 1. The van der Waals surface area contributed by atoms with Crippen LogP contribution < -0.4 is 0 Å². The highest BCUT2D eigenvalue weighted by molar-refractivity contribution is 5.99. The van der Waals surface area contributed by atoms with Gasteiger partial charge >= 0.3 is 23.9 Å². The van der Waals surface area contributed by atoms with Crippen LogP contribution in [0.3, 0.4) is 0 Å². The largest absolute Gasteiger partial charge is 0.463 e. The molecule has 0 bridgehead atoms. The van der Waals surface area contributed by atoms with Gasteiger partial charge in [-0.25, -0.2) is 9.36 Å². The van der Waals surface area contributed by atoms with Crippen LogP contribution in [0.15, 0.2) is 42.7 Å². The number of rotatable bonds is 10. The summed E-state index contributed by atoms with van der Waals surface area (Å²) in [6.07, 6.45) is -3.12. The van der Waals surface area contributed by atoms with E-state index in [1.807, 2.05) is 44.2 Å². The summed E-state index contributed by atoms with van der Waals surface area (Å²) in [7, 11) is 0. The lowest BCUT2D eigenvalue weighted by molar-refractivity contribution is -0.310. The highest BCUT2D eigenvalue weighted by atomic mass is 16.7. The smallest absolute Gasteiger partial charge is 0.303 e. The van der Waals surface area contributed by atoms with E-state index in [1.54, 1.807) is 21.8 Å². The maximum atomic E-state index is 13.1. The molecule has 2 aliphatic rings. The van der Waals surface area contributed by atoms with E-state index in [0.29, 0.717) is 17.0 Å². The van der Waals surface area contributed by atoms with Crippen LogP contribution in [0.4, 0.5) is 0 Å². The van der Waals surface area contributed by atoms with Crippen LogP contribution in [0.2, 0.25) is 0 Å². The number of aromatic nitrogens is 5. The molecule has 1 fully saturated rings. The van der Waals surface area contributed by atoms with E-state index in [1.165, 1.54) is 6.92 Å². The molecule has 0 amide bonds. The zero-order valence-corrected chi connectivity index (χ0v) is 27.4. The van der Waals surface area contributed by atoms with Crippen molar-refractivity contribution < 1.29 is 52.4 Å². The van der Waals surface area contributed by atoms with Gasteiger partial charge in [-0.05, 0) is 12.1 Å². The maximum absolute atomic E-state index is 13.1. The summed E-state index contributed by atoms with van der Waals surface area (Å²) < 4.78 is 36.9. The first-order valence-corrected chi connectivity index (χ1v) is 15.2. The number of ketones is 1. The van der Waals surface area contributed by atoms with Gasteiger partial charge < -0.3 is 28.4 Å². The molecule has 16 nitrogen and oxygen atoms in total. The molecule has 48 heavy (non-hydrogen) atoms. The van der Waals surface area contributed by atoms with Crippen LogP contribution in [-0.2, 0) is 54.2 Å². The van der Waals surface area contributed by atoms with Crippen LogP contribution in [0.1, 0.15) is 75.8 Å². The van der Waals surface area contributed by atoms with Crippen LogP contribution in [0, 0.1) is 5.41 Å². The van der Waals surface area contributed by atoms with Crippen molar-refractivity contribution in [2.75, 3.05) is 6.61 Å². The van der Waals surface area contributed by atoms with Crippen molar-refractivity contribution >= 4 is 29.7 Å². The Morgan fingerprint density at radius 2 is 1.56 bits per heavy atom. The number of ether oxygens (including phenoxy) is 6. The van der Waals surface area contributed by atoms with Gasteiger partial charge in [0, 0.05) is 39.5 Å². The Kier molecular flexibility index (Phi) is 10.0. The Balaban J connectivity index is 1.44. The van der Waals surface area contributed by atoms with Gasteiger partial charge in [-0.2, -0.15) is 5.10 Å². The number of Topliss-reactive ketones (excluding diaryl/α,β-unsaturated/α-hetero) is 1. The Labute approximate surface area is 275 Å². The zero-order valence-electron chi connectivity index (χ0n) is 27.4. The molecule has 6 atom stereocenters. The van der Waals surface area contributed by atoms with E-state index in [4.69, 9.17) is 28.4 Å². The number of carbonyl (C=O) groups is 5. The highest BCUT2D eigenvalue weighted by Gasteiger charge is 2.53. The van der Waals surface area contributed by atoms with Gasteiger partial charge in [-0.3, -0.25) is 24.0 Å². The molecule has 5 rings (SSSR count). The first kappa shape index (κ1) is 34.4. The SMILES string of the molecule is CC(=O)OC[C@H]1O[C@@H](OCc2cn([C@@H]3c4c(cnn4-c4ccccc4)C(=O)CC3(C)C)nn2)[C@H](OC(C)=O)[C@@H](OC(C)=O)[C@@H]1OC(C)=O. The van der Waals surface area contributed by atoms with Crippen LogP contribution in [-0.4, -0.2) is 91.7 Å². The number of esters is 4. The number of hydrogen-bond donors (Lipinski definition) is 0. The quantitative estimate of drug-likeness (QED) is 0.226. The van der Waals surface area contributed by atoms with E-state index in [-0.39, 0.29) is 25.4 Å². The highest BCUT2D eigenvalue weighted by Crippen LogP contribution is 2.46. The Morgan fingerprint density at radius 3 is 2.21 bits per heavy atom. The van der Waals surface area contributed by atoms with E-state index >= 15 is 0 Å². The molecule has 0 unspecified atom stereocenters. The summed E-state index contributed by atoms with van der Waals surface area (Å²) in [5.74, 6) is -2.91. The molecule has 16 heteroatoms. The molecule has 0 N–H and O–H groups in total. The summed E-state index contributed by atoms with van der Waals surface area (Å²) in [6, 6.07) is 9.00. The average molecular weight is 668 g/mol. The van der Waals surface area contributed by atoms with Crippen LogP contribution in [0.5, 0.6) is 0 Å². The standard InChI is InChI=1S/C32H37N5O11/c1-17(38)43-16-25-27(45-18(2)39)28(46-19(3)40)29(47-20(4)41)31(48-25)44-15-21-14-36(35-34-21)30-26-23(24(42)12-32(30,5)6)13-33-37(26)22-10-8-7-9-11-22/h7-11,13-14,25,27-31H,12,15-16H2,1-6H3/t25-,27-,28+,29-,30-,31-/m1/s1. The fourth-order valence-electron chi connectivity index (χ4n) is 6.07. The molecule has 1 aliphatic carbocycles. The molecule has 2 aromatic heterocycles. The van der Waals surface area contributed by atoms with E-state index in [9.17, 15) is 24.0 Å². The number of hydrogen-bond acceptors (Lipinski definition) is 14. The summed E-state index contributed by atoms with van der Waals surface area (Å²) in [4.78, 5) is 61.0. The fourth-order valence-corrected chi connectivity index (χ4v) is 6.07. The molecule has 256 valence electrons. The Bertz CT molecular complexity index is 1680. The number of benzene rings is 1. The molecule has 0 radical (unpaired) electrons. The number of carbonyl (C=O) groups excluding carboxylic acids is 5. The lowest BCUT2D eigenvalue weighted by Crippen LogP contribution is -2.62. The van der Waals surface area contributed by atoms with Crippen molar-refractivity contribution in [1.29, 1.82) is 0 Å². The molecule has 0 saturated carbocycles. The third-order valence-electron chi connectivity index (χ3n) is 7.89. The molecule has 3 heterocycles. The van der Waals surface area contributed by atoms with Crippen LogP contribution in [0.25, 0.3) is 5.69 Å². The third kappa shape index (κ3) is 7.44. The molecular weight excluding hydrogens is 630 g/mol. The predicted molar refractivity (Wildman–Crippen MR) is 161 cm³/mol. The third-order valence-corrected chi connectivity index (χ3v) is 7.89. The summed E-state index contributed by atoms with van der Waals surface area (Å²) >= 11 is 0. The lowest BCUT2D eigenvalue weighted by Gasteiger charge is -2.43. The van der Waals surface area contributed by atoms with E-state index in [0.717, 1.165) is 26.5 Å². The normalized spacial score (nSPS) is 24.7. The predicted octanol–water partition coefficient (Wildman–Crippen LogP) is 2.27. The van der Waals surface area contributed by atoms with Crippen molar-refractivity contribution in [3.8, 4) is 5.69 Å². The van der Waals surface area contributed by atoms with Crippen molar-refractivity contribution in [2.24, 2.45) is 5.41 Å². The molecule has 0 spiro atoms. The second kappa shape index (κ2) is 14.0. The maximum Gasteiger partial charge on any atom is 0.303 e. The second-order valence-electron chi connectivity index (χ2n) is 12.3. The van der Waals surface area contributed by atoms with Crippen molar-refractivity contribution in [3.05, 3.63) is 59.7 Å². The van der Waals surface area contributed by atoms with Gasteiger partial charge in [-0.15, -0.1) is 5.10 Å². The summed E-state index contributed by atoms with van der Waals surface area (Å²) in [5, 5.41) is 13.2. The fraction of sp³-hybridized carbons (Fsp3) is 0.500. The molecule has 1 aromatic carbocycles. The first-order valence-electron chi connectivity index (χ1n) is 15.2. The minimum absolute atomic E-state index is 0.0271. The van der Waals surface area contributed by atoms with Gasteiger partial charge in [0.25, 0.3) is 0 Å². The van der Waals surface area contributed by atoms with Gasteiger partial charge in [0.05, 0.1) is 35.9 Å². The molecule has 1 aliphatic heterocycles. The number of nitrogens with zero attached hydrogens (tertiary/aromatic N) is 5. The Morgan fingerprint density at radius 1 is 0.917 bits per heavy atom. The van der Waals surface area contributed by atoms with Gasteiger partial charge in [0.15, 0.2) is 30.4 Å². The first-order chi connectivity index (χ1) is 22.7. The minimum Gasteiger partial charge on any atom is -0.463 e. The number of para-hydroxylation sites is 1. The molecular formula is C32H37N5O11. The molecule has 3 aromatic rings. The zero-order chi connectivity index (χ0) is 34.7. The minimum atomic E-state index is -1.38. The van der Waals surface area contributed by atoms with Crippen LogP contribution >= 0.6 is 0 Å². The average Bonchev–Trinajstić information content (AvgIpc) is 3.65. The van der Waals surface area contributed by atoms with Gasteiger partial charge in [0.2, 0.25) is 0 Å². The summed E-state index contributed by atoms with van der Waals surface area (Å²) in [5.41, 5.74) is 1.71. The van der Waals surface area contributed by atoms with Crippen molar-refractivity contribution in [3.63, 3.8) is 0 Å². The molecule has 1 saturated heterocycles. The second-order valence-corrected chi connectivity index (χ2v) is 12.3. The topological polar surface area (TPSA) is 189 Å². The van der Waals surface area contributed by atoms with Gasteiger partial charge in [-0.1, -0.05) is 37.3 Å². The van der Waals surface area contributed by atoms with E-state index < -0.39 is 66.0 Å². The van der Waals surface area contributed by atoms with Gasteiger partial charge in [0.1, 0.15) is 24.4 Å². The summed E-state index contributed by atoms with van der Waals surface area (Å²) in [6.45, 7) is 7.93. The van der Waals surface area contributed by atoms with E-state index in [2.05, 4.69) is 15.4 Å².